The first-order valence-corrected chi connectivity index (χ1v) is 0.988. The van der Waals surface area contributed by atoms with Crippen molar-refractivity contribution in [3.8, 4) is 0 Å². The van der Waals surface area contributed by atoms with Crippen molar-refractivity contribution in [3.63, 3.8) is 0 Å². The fourth-order valence-electron chi connectivity index (χ4n) is 0. The van der Waals surface area contributed by atoms with Crippen molar-refractivity contribution in [2.24, 2.45) is 0 Å². The van der Waals surface area contributed by atoms with Gasteiger partial charge in [-0.1, -0.05) is 0 Å². The molecule has 6 heteroatoms. The van der Waals surface area contributed by atoms with Crippen molar-refractivity contribution in [1.29, 1.82) is 0 Å². The Hall–Kier alpha value is -0.100. The maximum absolute atomic E-state index is 8.36. The molecule has 0 saturated heterocycles. The minimum atomic E-state index is -0.250. The van der Waals surface area contributed by atoms with Crippen LogP contribution in [0.1, 0.15) is 0 Å². The van der Waals surface area contributed by atoms with Crippen molar-refractivity contribution >= 4 is 12.9 Å². The molecular formula is C2H6NNaO4. The summed E-state index contributed by atoms with van der Waals surface area (Å²) >= 11 is 0. The summed E-state index contributed by atoms with van der Waals surface area (Å²) in [4.78, 5) is 16.7. The summed E-state index contributed by atoms with van der Waals surface area (Å²) in [6, 6.07) is 0. The molecule has 44 valence electrons. The zero-order chi connectivity index (χ0) is 5.41. The number of hydrogen-bond acceptors (Lipinski definition) is 2. The number of carbonyl (C=O) groups is 2. The van der Waals surface area contributed by atoms with E-state index >= 15 is 0 Å². The third kappa shape index (κ3) is 14200. The normalized spacial score (nSPS) is 3.00. The SMILES string of the molecule is O=CO.O=CO.[NH2-].[Na+]. The Kier molecular flexibility index (Phi) is 206. The minimum absolute atomic E-state index is 0. The fourth-order valence-corrected chi connectivity index (χ4v) is 0. The topological polar surface area (TPSA) is 108 Å². The zero-order valence-electron chi connectivity index (χ0n) is 4.44. The minimum Gasteiger partial charge on any atom is -0.693 e. The molecule has 4 N–H and O–H groups in total. The van der Waals surface area contributed by atoms with Crippen LogP contribution in [0, 0.1) is 0 Å². The maximum Gasteiger partial charge on any atom is 1.00 e. The van der Waals surface area contributed by atoms with Crippen LogP contribution in [0.5, 0.6) is 0 Å². The largest absolute Gasteiger partial charge is 1.00 e. The first kappa shape index (κ1) is 24.7. The van der Waals surface area contributed by atoms with Crippen molar-refractivity contribution < 1.29 is 49.4 Å². The number of carboxylic acid groups (broad SMARTS) is 2. The molecule has 0 heterocycles. The van der Waals surface area contributed by atoms with Gasteiger partial charge in [-0.3, -0.25) is 9.59 Å². The van der Waals surface area contributed by atoms with Gasteiger partial charge < -0.3 is 16.4 Å². The van der Waals surface area contributed by atoms with Gasteiger partial charge in [0.1, 0.15) is 0 Å². The van der Waals surface area contributed by atoms with Crippen molar-refractivity contribution in [2.45, 2.75) is 0 Å². The molecule has 0 saturated carbocycles. The van der Waals surface area contributed by atoms with Crippen LogP contribution >= 0.6 is 0 Å². The standard InChI is InChI=1S/2CH2O2.H2N.Na/c2*2-1-3;;/h2*1H,(H,2,3);1H2;/q;;-1;+1. The van der Waals surface area contributed by atoms with Gasteiger partial charge in [-0.25, -0.2) is 0 Å². The van der Waals surface area contributed by atoms with Gasteiger partial charge in [0.2, 0.25) is 0 Å². The number of nitrogens with two attached hydrogens (primary N) is 1. The van der Waals surface area contributed by atoms with E-state index in [0.29, 0.717) is 0 Å². The zero-order valence-corrected chi connectivity index (χ0v) is 6.44. The van der Waals surface area contributed by atoms with Gasteiger partial charge in [0, 0.05) is 0 Å². The van der Waals surface area contributed by atoms with Gasteiger partial charge in [0.25, 0.3) is 12.9 Å². The molecule has 0 aliphatic heterocycles. The third-order valence-corrected chi connectivity index (χ3v) is 0. The molecule has 5 nitrogen and oxygen atoms in total. The van der Waals surface area contributed by atoms with Gasteiger partial charge in [-0.15, -0.1) is 0 Å². The Bertz CT molecular complexity index is 35.0. The Labute approximate surface area is 68.6 Å². The van der Waals surface area contributed by atoms with Crippen LogP contribution in [0.15, 0.2) is 0 Å². The van der Waals surface area contributed by atoms with E-state index in [1.54, 1.807) is 0 Å². The number of hydrogen-bond donors (Lipinski definition) is 2. The van der Waals surface area contributed by atoms with E-state index in [-0.39, 0.29) is 48.7 Å². The van der Waals surface area contributed by atoms with Crippen molar-refractivity contribution in [3.05, 3.63) is 6.15 Å². The Balaban J connectivity index is -0.0000000160. The average molecular weight is 131 g/mol. The third-order valence-electron chi connectivity index (χ3n) is 0. The molecule has 0 aromatic rings. The first-order chi connectivity index (χ1) is 2.83. The second-order valence-corrected chi connectivity index (χ2v) is 0.211. The predicted octanol–water partition coefficient (Wildman–Crippen LogP) is -2.88. The summed E-state index contributed by atoms with van der Waals surface area (Å²) in [7, 11) is 0. The van der Waals surface area contributed by atoms with Crippen LogP contribution in [0.25, 0.3) is 6.15 Å². The first-order valence-electron chi connectivity index (χ1n) is 0.988. The molecule has 0 aliphatic rings. The Morgan fingerprint density at radius 3 is 1.00 bits per heavy atom. The summed E-state index contributed by atoms with van der Waals surface area (Å²) < 4.78 is 0. The molecule has 0 bridgehead atoms. The van der Waals surface area contributed by atoms with Crippen LogP contribution in [0.3, 0.4) is 0 Å². The smallest absolute Gasteiger partial charge is 0.693 e. The van der Waals surface area contributed by atoms with E-state index in [4.69, 9.17) is 19.8 Å². The predicted molar refractivity (Wildman–Crippen MR) is 22.7 cm³/mol. The summed E-state index contributed by atoms with van der Waals surface area (Å²) in [6.07, 6.45) is 0. The van der Waals surface area contributed by atoms with Crippen LogP contribution in [0.4, 0.5) is 0 Å². The molecular weight excluding hydrogens is 125 g/mol. The molecule has 0 aromatic heterocycles. The van der Waals surface area contributed by atoms with E-state index < -0.39 is 0 Å². The van der Waals surface area contributed by atoms with Crippen molar-refractivity contribution in [2.75, 3.05) is 0 Å². The molecule has 0 atom stereocenters. The van der Waals surface area contributed by atoms with E-state index in [0.717, 1.165) is 0 Å². The van der Waals surface area contributed by atoms with Gasteiger partial charge in [-0.05, 0) is 0 Å². The molecule has 0 fully saturated rings. The van der Waals surface area contributed by atoms with Crippen LogP contribution < -0.4 is 29.6 Å². The molecule has 8 heavy (non-hydrogen) atoms. The summed E-state index contributed by atoms with van der Waals surface area (Å²) in [5.74, 6) is 0. The quantitative estimate of drug-likeness (QED) is 0.272. The van der Waals surface area contributed by atoms with Gasteiger partial charge in [0.15, 0.2) is 0 Å². The maximum atomic E-state index is 8.36. The van der Waals surface area contributed by atoms with Gasteiger partial charge >= 0.3 is 29.6 Å². The molecule has 0 aliphatic carbocycles. The second-order valence-electron chi connectivity index (χ2n) is 0.211. The van der Waals surface area contributed by atoms with E-state index in [1.165, 1.54) is 0 Å². The summed E-state index contributed by atoms with van der Waals surface area (Å²) in [5, 5.41) is 13.8. The molecule has 0 radical (unpaired) electrons. The molecule has 0 amide bonds. The van der Waals surface area contributed by atoms with E-state index in [2.05, 4.69) is 0 Å². The molecule has 0 spiro atoms. The number of rotatable bonds is 0. The molecule has 0 aromatic carbocycles. The Morgan fingerprint density at radius 1 is 1.00 bits per heavy atom. The van der Waals surface area contributed by atoms with Gasteiger partial charge in [0.05, 0.1) is 0 Å². The molecule has 0 rings (SSSR count). The summed E-state index contributed by atoms with van der Waals surface area (Å²) in [5.41, 5.74) is 0. The fraction of sp³-hybridized carbons (Fsp3) is 0. The van der Waals surface area contributed by atoms with Crippen LogP contribution in [0.2, 0.25) is 0 Å². The monoisotopic (exact) mass is 131 g/mol. The molecule has 0 unspecified atom stereocenters. The van der Waals surface area contributed by atoms with Gasteiger partial charge in [-0.2, -0.15) is 0 Å². The van der Waals surface area contributed by atoms with Crippen LogP contribution in [-0.2, 0) is 9.59 Å². The van der Waals surface area contributed by atoms with E-state index in [1.807, 2.05) is 0 Å². The van der Waals surface area contributed by atoms with E-state index in [9.17, 15) is 0 Å². The van der Waals surface area contributed by atoms with Crippen molar-refractivity contribution in [1.82, 2.24) is 0 Å². The Morgan fingerprint density at radius 2 is 1.00 bits per heavy atom. The summed E-state index contributed by atoms with van der Waals surface area (Å²) in [6.45, 7) is -0.500. The van der Waals surface area contributed by atoms with Crippen LogP contribution in [-0.4, -0.2) is 23.2 Å². The average Bonchev–Trinajstić information content (AvgIpc) is 1.39. The second kappa shape index (κ2) is 66.5.